The molecule has 0 bridgehead atoms. The maximum Gasteiger partial charge on any atom is 0.335 e. The minimum atomic E-state index is -0.961. The number of hydrogen-bond donors (Lipinski definition) is 3. The Morgan fingerprint density at radius 3 is 2.79 bits per heavy atom. The van der Waals surface area contributed by atoms with Crippen molar-refractivity contribution in [3.05, 3.63) is 75.6 Å². The van der Waals surface area contributed by atoms with E-state index in [1.807, 2.05) is 6.92 Å². The molecular formula is C19H24N4O4S. The molecule has 4 N–H and O–H groups in total. The van der Waals surface area contributed by atoms with E-state index in [-0.39, 0.29) is 11.3 Å². The van der Waals surface area contributed by atoms with E-state index in [0.29, 0.717) is 26.1 Å². The number of nitro groups is 1. The van der Waals surface area contributed by atoms with Crippen molar-refractivity contribution in [2.24, 2.45) is 5.73 Å². The highest BCUT2D eigenvalue weighted by molar-refractivity contribution is 7.78. The van der Waals surface area contributed by atoms with Gasteiger partial charge in [0.1, 0.15) is 0 Å². The molecule has 0 aliphatic carbocycles. The first-order valence-electron chi connectivity index (χ1n) is 8.56. The summed E-state index contributed by atoms with van der Waals surface area (Å²) in [6.45, 7) is 3.90. The summed E-state index contributed by atoms with van der Waals surface area (Å²) in [4.78, 5) is 23.9. The molecule has 8 nitrogen and oxygen atoms in total. The molecule has 0 atom stereocenters. The standard InChI is InChI=1S/C18H21N3O4.CH3NS/c1-14-7-8-15(18(22)23)13-17(14)20-11-3-2-5-16(21(24)25)6-4-9-19-10-12-20;2-1-3/h2,4-9,13,19H,3,10-12H2,1H3,(H,22,23);1H,(H2,2,3)/b5-2-,9-4+,16-6+;. The number of hydrogen-bond acceptors (Lipinski definition) is 6. The van der Waals surface area contributed by atoms with Gasteiger partial charge in [0.25, 0.3) is 5.70 Å². The fourth-order valence-electron chi connectivity index (χ4n) is 2.55. The average Bonchev–Trinajstić information content (AvgIpc) is 2.63. The zero-order valence-electron chi connectivity index (χ0n) is 15.6. The van der Waals surface area contributed by atoms with Crippen molar-refractivity contribution in [3.63, 3.8) is 0 Å². The number of aromatic carboxylic acids is 1. The second-order valence-corrected chi connectivity index (χ2v) is 6.05. The first kappa shape index (κ1) is 22.8. The number of aryl methyl sites for hydroxylation is 1. The third-order valence-corrected chi connectivity index (χ3v) is 3.87. The van der Waals surface area contributed by atoms with Gasteiger partial charge in [-0.15, -0.1) is 0 Å². The van der Waals surface area contributed by atoms with Gasteiger partial charge in [0.15, 0.2) is 0 Å². The van der Waals surface area contributed by atoms with E-state index in [9.17, 15) is 20.0 Å². The Hall–Kier alpha value is -3.20. The zero-order chi connectivity index (χ0) is 20.9. The number of nitrogens with two attached hydrogens (primary N) is 1. The Morgan fingerprint density at radius 1 is 1.43 bits per heavy atom. The van der Waals surface area contributed by atoms with Gasteiger partial charge in [0, 0.05) is 37.5 Å². The lowest BCUT2D eigenvalue weighted by molar-refractivity contribution is -0.419. The number of carboxylic acid groups (broad SMARTS) is 1. The molecule has 0 radical (unpaired) electrons. The monoisotopic (exact) mass is 404 g/mol. The van der Waals surface area contributed by atoms with Gasteiger partial charge in [0.05, 0.1) is 16.0 Å². The average molecular weight is 404 g/mol. The Kier molecular flexibility index (Phi) is 9.98. The predicted octanol–water partition coefficient (Wildman–Crippen LogP) is 2.63. The van der Waals surface area contributed by atoms with Crippen LogP contribution in [0, 0.1) is 17.0 Å². The number of nitrogens with zero attached hydrogens (tertiary/aromatic N) is 2. The van der Waals surface area contributed by atoms with Crippen LogP contribution in [0.2, 0.25) is 0 Å². The molecule has 0 amide bonds. The molecule has 1 heterocycles. The van der Waals surface area contributed by atoms with E-state index in [4.69, 9.17) is 0 Å². The van der Waals surface area contributed by atoms with Gasteiger partial charge < -0.3 is 21.1 Å². The summed E-state index contributed by atoms with van der Waals surface area (Å²) in [7, 11) is 0. The van der Waals surface area contributed by atoms with Crippen molar-refractivity contribution in [2.45, 2.75) is 13.3 Å². The molecule has 1 aliphatic heterocycles. The third kappa shape index (κ3) is 7.58. The number of thiocarbonyl (C=S) groups is 1. The largest absolute Gasteiger partial charge is 0.478 e. The normalized spacial score (nSPS) is 18.5. The number of allylic oxidation sites excluding steroid dienone is 3. The third-order valence-electron chi connectivity index (χ3n) is 3.87. The molecule has 28 heavy (non-hydrogen) atoms. The van der Waals surface area contributed by atoms with Gasteiger partial charge >= 0.3 is 5.97 Å². The second kappa shape index (κ2) is 12.2. The Balaban J connectivity index is 0.00000122. The van der Waals surface area contributed by atoms with Gasteiger partial charge in [-0.3, -0.25) is 10.1 Å². The lowest BCUT2D eigenvalue weighted by Gasteiger charge is -2.26. The number of benzene rings is 1. The maximum atomic E-state index is 11.2. The highest BCUT2D eigenvalue weighted by Crippen LogP contribution is 2.22. The smallest absolute Gasteiger partial charge is 0.335 e. The summed E-state index contributed by atoms with van der Waals surface area (Å²) in [5.74, 6) is -0.961. The number of carboxylic acids is 1. The number of rotatable bonds is 3. The molecule has 1 aliphatic rings. The van der Waals surface area contributed by atoms with Gasteiger partial charge in [-0.2, -0.15) is 0 Å². The van der Waals surface area contributed by atoms with Crippen LogP contribution in [-0.4, -0.2) is 41.1 Å². The van der Waals surface area contributed by atoms with Crippen LogP contribution < -0.4 is 16.0 Å². The quantitative estimate of drug-likeness (QED) is 0.399. The van der Waals surface area contributed by atoms with E-state index < -0.39 is 10.9 Å². The van der Waals surface area contributed by atoms with Crippen LogP contribution in [0.3, 0.4) is 0 Å². The molecule has 2 rings (SSSR count). The molecule has 9 heteroatoms. The van der Waals surface area contributed by atoms with Crippen molar-refractivity contribution in [3.8, 4) is 0 Å². The topological polar surface area (TPSA) is 122 Å². The van der Waals surface area contributed by atoms with Crippen molar-refractivity contribution in [2.75, 3.05) is 24.5 Å². The zero-order valence-corrected chi connectivity index (χ0v) is 16.4. The van der Waals surface area contributed by atoms with Gasteiger partial charge in [-0.1, -0.05) is 24.4 Å². The number of anilines is 1. The van der Waals surface area contributed by atoms with Crippen molar-refractivity contribution >= 4 is 29.4 Å². The summed E-state index contributed by atoms with van der Waals surface area (Å²) in [5, 5.41) is 23.3. The molecule has 0 saturated heterocycles. The lowest BCUT2D eigenvalue weighted by Crippen LogP contribution is -2.32. The Morgan fingerprint density at radius 2 is 2.14 bits per heavy atom. The van der Waals surface area contributed by atoms with E-state index in [1.165, 1.54) is 12.2 Å². The molecule has 150 valence electrons. The summed E-state index contributed by atoms with van der Waals surface area (Å²) in [6, 6.07) is 5.06. The molecule has 0 spiro atoms. The molecule has 0 aromatic heterocycles. The van der Waals surface area contributed by atoms with E-state index in [2.05, 4.69) is 28.2 Å². The Bertz CT molecular complexity index is 790. The fraction of sp³-hybridized carbons (Fsp3) is 0.263. The van der Waals surface area contributed by atoms with Crippen molar-refractivity contribution in [1.29, 1.82) is 0 Å². The van der Waals surface area contributed by atoms with Gasteiger partial charge in [-0.25, -0.2) is 4.79 Å². The number of nitrogens with one attached hydrogen (secondary N) is 1. The SMILES string of the molecule is Cc1ccc(C(=O)O)cc1N1CC\C=C/C([N+](=O)[O-])=C\C=C\NCC1.NC=S. The molecule has 0 unspecified atom stereocenters. The summed E-state index contributed by atoms with van der Waals surface area (Å²) >= 11 is 4.05. The minimum absolute atomic E-state index is 0.0224. The summed E-state index contributed by atoms with van der Waals surface area (Å²) < 4.78 is 0. The van der Waals surface area contributed by atoms with E-state index >= 15 is 0 Å². The number of carbonyl (C=O) groups is 1. The van der Waals surface area contributed by atoms with Crippen LogP contribution in [0.25, 0.3) is 0 Å². The maximum absolute atomic E-state index is 11.2. The first-order valence-corrected chi connectivity index (χ1v) is 9.03. The highest BCUT2D eigenvalue weighted by Gasteiger charge is 2.12. The highest BCUT2D eigenvalue weighted by atomic mass is 32.1. The molecule has 1 aromatic rings. The van der Waals surface area contributed by atoms with Crippen molar-refractivity contribution < 1.29 is 14.8 Å². The molecule has 0 saturated carbocycles. The van der Waals surface area contributed by atoms with E-state index in [1.54, 1.807) is 36.6 Å². The van der Waals surface area contributed by atoms with Crippen LogP contribution in [0.1, 0.15) is 22.3 Å². The fourth-order valence-corrected chi connectivity index (χ4v) is 2.55. The molecule has 1 aromatic carbocycles. The minimum Gasteiger partial charge on any atom is -0.478 e. The summed E-state index contributed by atoms with van der Waals surface area (Å²) in [6.07, 6.45) is 8.59. The first-order chi connectivity index (χ1) is 13.4. The van der Waals surface area contributed by atoms with Gasteiger partial charge in [-0.05, 0) is 43.3 Å². The van der Waals surface area contributed by atoms with Crippen LogP contribution in [-0.2, 0) is 0 Å². The Labute approximate surface area is 169 Å². The van der Waals surface area contributed by atoms with Crippen molar-refractivity contribution in [1.82, 2.24) is 5.32 Å². The molecule has 0 fully saturated rings. The van der Waals surface area contributed by atoms with Crippen LogP contribution in [0.15, 0.2) is 54.4 Å². The van der Waals surface area contributed by atoms with Crippen LogP contribution in [0.4, 0.5) is 5.69 Å². The summed E-state index contributed by atoms with van der Waals surface area (Å²) in [5.41, 5.74) is 7.74. The predicted molar refractivity (Wildman–Crippen MR) is 114 cm³/mol. The van der Waals surface area contributed by atoms with Crippen LogP contribution >= 0.6 is 12.2 Å². The van der Waals surface area contributed by atoms with Gasteiger partial charge in [0.2, 0.25) is 0 Å². The van der Waals surface area contributed by atoms with Crippen LogP contribution in [0.5, 0.6) is 0 Å². The lowest BCUT2D eigenvalue weighted by atomic mass is 10.1. The van der Waals surface area contributed by atoms with E-state index in [0.717, 1.165) is 16.7 Å². The second-order valence-electron chi connectivity index (χ2n) is 5.78. The molecular weight excluding hydrogens is 380 g/mol.